The molecule has 0 aliphatic carbocycles. The van der Waals surface area contributed by atoms with Crippen LogP contribution in [0.4, 0.5) is 0 Å². The number of hydrogen-bond donors (Lipinski definition) is 1. The minimum Gasteiger partial charge on any atom is -0.426 e. The highest BCUT2D eigenvalue weighted by Gasteiger charge is 2.23. The SMILES string of the molecule is Cl.NC1CC(=O)Oc2ccc(Cl)cc21. The molecule has 1 heterocycles. The van der Waals surface area contributed by atoms with E-state index >= 15 is 0 Å². The smallest absolute Gasteiger partial charge is 0.313 e. The van der Waals surface area contributed by atoms with Crippen LogP contribution < -0.4 is 10.5 Å². The van der Waals surface area contributed by atoms with Crippen molar-refractivity contribution in [2.24, 2.45) is 5.73 Å². The summed E-state index contributed by atoms with van der Waals surface area (Å²) < 4.78 is 4.98. The second-order valence-corrected chi connectivity index (χ2v) is 3.40. The summed E-state index contributed by atoms with van der Waals surface area (Å²) in [4.78, 5) is 11.0. The van der Waals surface area contributed by atoms with Gasteiger partial charge in [-0.1, -0.05) is 11.6 Å². The number of esters is 1. The van der Waals surface area contributed by atoms with Crippen LogP contribution in [0.1, 0.15) is 18.0 Å². The Hall–Kier alpha value is -0.770. The van der Waals surface area contributed by atoms with Gasteiger partial charge in [-0.2, -0.15) is 0 Å². The standard InChI is InChI=1S/C9H8ClNO2.ClH/c10-5-1-2-8-6(3-5)7(11)4-9(12)13-8;/h1-3,7H,4,11H2;1H. The third kappa shape index (κ3) is 2.00. The van der Waals surface area contributed by atoms with Crippen LogP contribution in [0.15, 0.2) is 18.2 Å². The summed E-state index contributed by atoms with van der Waals surface area (Å²) in [5.41, 5.74) is 6.54. The van der Waals surface area contributed by atoms with Crippen LogP contribution >= 0.6 is 24.0 Å². The Morgan fingerprint density at radius 2 is 2.21 bits per heavy atom. The molecule has 1 aromatic rings. The molecule has 5 heteroatoms. The van der Waals surface area contributed by atoms with E-state index in [0.29, 0.717) is 10.8 Å². The van der Waals surface area contributed by atoms with Gasteiger partial charge in [0.2, 0.25) is 0 Å². The second-order valence-electron chi connectivity index (χ2n) is 2.97. The van der Waals surface area contributed by atoms with Crippen LogP contribution in [-0.4, -0.2) is 5.97 Å². The van der Waals surface area contributed by atoms with Crippen LogP contribution in [0.25, 0.3) is 0 Å². The number of carbonyl (C=O) groups is 1. The minimum absolute atomic E-state index is 0. The highest BCUT2D eigenvalue weighted by atomic mass is 35.5. The summed E-state index contributed by atoms with van der Waals surface area (Å²) in [6, 6.07) is 4.77. The second kappa shape index (κ2) is 4.17. The van der Waals surface area contributed by atoms with Crippen molar-refractivity contribution in [2.45, 2.75) is 12.5 Å². The molecule has 1 unspecified atom stereocenters. The molecule has 0 aromatic heterocycles. The Morgan fingerprint density at radius 1 is 1.50 bits per heavy atom. The zero-order chi connectivity index (χ0) is 9.42. The van der Waals surface area contributed by atoms with Gasteiger partial charge in [-0.3, -0.25) is 4.79 Å². The van der Waals surface area contributed by atoms with Crippen molar-refractivity contribution in [2.75, 3.05) is 0 Å². The Morgan fingerprint density at radius 3 is 2.93 bits per heavy atom. The summed E-state index contributed by atoms with van der Waals surface area (Å²) in [5, 5.41) is 0.604. The summed E-state index contributed by atoms with van der Waals surface area (Å²) >= 11 is 5.78. The van der Waals surface area contributed by atoms with E-state index < -0.39 is 0 Å². The van der Waals surface area contributed by atoms with Gasteiger partial charge in [0.1, 0.15) is 5.75 Å². The first kappa shape index (κ1) is 11.3. The Labute approximate surface area is 92.6 Å². The first-order valence-corrected chi connectivity index (χ1v) is 4.30. The number of hydrogen-bond acceptors (Lipinski definition) is 3. The number of nitrogens with two attached hydrogens (primary N) is 1. The van der Waals surface area contributed by atoms with Gasteiger partial charge in [-0.15, -0.1) is 12.4 Å². The van der Waals surface area contributed by atoms with E-state index in [1.807, 2.05) is 0 Å². The van der Waals surface area contributed by atoms with Gasteiger partial charge in [-0.25, -0.2) is 0 Å². The van der Waals surface area contributed by atoms with Gasteiger partial charge < -0.3 is 10.5 Å². The van der Waals surface area contributed by atoms with Crippen LogP contribution in [-0.2, 0) is 4.79 Å². The van der Waals surface area contributed by atoms with E-state index in [2.05, 4.69) is 0 Å². The average molecular weight is 234 g/mol. The van der Waals surface area contributed by atoms with E-state index in [1.54, 1.807) is 18.2 Å². The highest BCUT2D eigenvalue weighted by Crippen LogP contribution is 2.32. The first-order chi connectivity index (χ1) is 6.16. The summed E-state index contributed by atoms with van der Waals surface area (Å²) in [7, 11) is 0. The van der Waals surface area contributed by atoms with Crippen molar-refractivity contribution < 1.29 is 9.53 Å². The lowest BCUT2D eigenvalue weighted by atomic mass is 10.0. The van der Waals surface area contributed by atoms with Crippen LogP contribution in [0.2, 0.25) is 5.02 Å². The van der Waals surface area contributed by atoms with Gasteiger partial charge in [0.05, 0.1) is 6.42 Å². The lowest BCUT2D eigenvalue weighted by Gasteiger charge is -2.20. The van der Waals surface area contributed by atoms with Crippen LogP contribution in [0.3, 0.4) is 0 Å². The number of benzene rings is 1. The third-order valence-electron chi connectivity index (χ3n) is 1.98. The average Bonchev–Trinajstić information content (AvgIpc) is 2.06. The summed E-state index contributed by atoms with van der Waals surface area (Å²) in [5.74, 6) is 0.232. The summed E-state index contributed by atoms with van der Waals surface area (Å²) in [6.07, 6.45) is 0.216. The quantitative estimate of drug-likeness (QED) is 0.552. The molecule has 1 atom stereocenters. The number of ether oxygens (including phenoxy) is 1. The maximum absolute atomic E-state index is 11.0. The van der Waals surface area contributed by atoms with Crippen molar-refractivity contribution in [1.29, 1.82) is 0 Å². The number of carbonyl (C=O) groups excluding carboxylic acids is 1. The molecule has 1 aliphatic rings. The molecule has 0 fully saturated rings. The first-order valence-electron chi connectivity index (χ1n) is 3.92. The molecule has 1 aliphatic heterocycles. The Balaban J connectivity index is 0.000000980. The molecule has 2 rings (SSSR count). The van der Waals surface area contributed by atoms with Gasteiger partial charge in [0.15, 0.2) is 0 Å². The zero-order valence-electron chi connectivity index (χ0n) is 7.20. The van der Waals surface area contributed by atoms with E-state index in [0.717, 1.165) is 5.56 Å². The molecule has 0 amide bonds. The lowest BCUT2D eigenvalue weighted by Crippen LogP contribution is -2.25. The molecule has 0 saturated carbocycles. The van der Waals surface area contributed by atoms with Crippen molar-refractivity contribution in [3.05, 3.63) is 28.8 Å². The van der Waals surface area contributed by atoms with Crippen molar-refractivity contribution in [3.63, 3.8) is 0 Å². The van der Waals surface area contributed by atoms with E-state index in [9.17, 15) is 4.79 Å². The largest absolute Gasteiger partial charge is 0.426 e. The number of halogens is 2. The Kier molecular flexibility index (Phi) is 3.37. The van der Waals surface area contributed by atoms with Crippen molar-refractivity contribution >= 4 is 30.0 Å². The number of rotatable bonds is 0. The maximum Gasteiger partial charge on any atom is 0.313 e. The van der Waals surface area contributed by atoms with Gasteiger partial charge in [-0.05, 0) is 18.2 Å². The zero-order valence-corrected chi connectivity index (χ0v) is 8.77. The fourth-order valence-corrected chi connectivity index (χ4v) is 1.54. The van der Waals surface area contributed by atoms with Crippen molar-refractivity contribution in [3.8, 4) is 5.75 Å². The van der Waals surface area contributed by atoms with E-state index in [1.165, 1.54) is 0 Å². The molecule has 0 bridgehead atoms. The fraction of sp³-hybridized carbons (Fsp3) is 0.222. The molecule has 3 nitrogen and oxygen atoms in total. The highest BCUT2D eigenvalue weighted by molar-refractivity contribution is 6.30. The molecular weight excluding hydrogens is 225 g/mol. The van der Waals surface area contributed by atoms with Gasteiger partial charge in [0.25, 0.3) is 0 Å². The summed E-state index contributed by atoms with van der Waals surface area (Å²) in [6.45, 7) is 0. The third-order valence-corrected chi connectivity index (χ3v) is 2.22. The monoisotopic (exact) mass is 233 g/mol. The molecule has 76 valence electrons. The molecule has 14 heavy (non-hydrogen) atoms. The molecule has 1 aromatic carbocycles. The molecule has 0 radical (unpaired) electrons. The normalized spacial score (nSPS) is 19.3. The topological polar surface area (TPSA) is 52.3 Å². The molecule has 0 spiro atoms. The Bertz CT molecular complexity index is 368. The maximum atomic E-state index is 11.0. The van der Waals surface area contributed by atoms with E-state index in [-0.39, 0.29) is 30.8 Å². The van der Waals surface area contributed by atoms with Gasteiger partial charge in [0, 0.05) is 16.6 Å². The van der Waals surface area contributed by atoms with Crippen LogP contribution in [0, 0.1) is 0 Å². The van der Waals surface area contributed by atoms with Crippen LogP contribution in [0.5, 0.6) is 5.75 Å². The molecular formula is C9H9Cl2NO2. The lowest BCUT2D eigenvalue weighted by molar-refractivity contribution is -0.135. The fourth-order valence-electron chi connectivity index (χ4n) is 1.36. The van der Waals surface area contributed by atoms with E-state index in [4.69, 9.17) is 22.1 Å². The molecule has 2 N–H and O–H groups in total. The predicted molar refractivity (Wildman–Crippen MR) is 55.9 cm³/mol. The predicted octanol–water partition coefficient (Wildman–Crippen LogP) is 2.07. The minimum atomic E-state index is -0.296. The van der Waals surface area contributed by atoms with Crippen molar-refractivity contribution in [1.82, 2.24) is 0 Å². The van der Waals surface area contributed by atoms with Gasteiger partial charge >= 0.3 is 5.97 Å². The number of fused-ring (bicyclic) bond motifs is 1. The molecule has 0 saturated heterocycles.